The first-order valence-corrected chi connectivity index (χ1v) is 8.50. The van der Waals surface area contributed by atoms with Crippen LogP contribution >= 0.6 is 0 Å². The molecule has 0 unspecified atom stereocenters. The number of esters is 1. The molecule has 0 heterocycles. The van der Waals surface area contributed by atoms with Crippen molar-refractivity contribution in [3.8, 4) is 0 Å². The first-order valence-electron chi connectivity index (χ1n) is 6.95. The molecule has 0 bridgehead atoms. The van der Waals surface area contributed by atoms with Crippen LogP contribution in [0.2, 0.25) is 0 Å². The second kappa shape index (κ2) is 6.85. The Morgan fingerprint density at radius 3 is 2.44 bits per heavy atom. The number of benzene rings is 2. The van der Waals surface area contributed by atoms with Crippen molar-refractivity contribution in [1.29, 1.82) is 0 Å². The fraction of sp³-hybridized carbons (Fsp3) is 0.188. The Morgan fingerprint density at radius 1 is 1.16 bits per heavy atom. The summed E-state index contributed by atoms with van der Waals surface area (Å²) in [5, 5.41) is 5.01. The van der Waals surface area contributed by atoms with Gasteiger partial charge in [0.1, 0.15) is 6.61 Å². The molecule has 0 aliphatic rings. The SMILES string of the molecule is Cc1ccc(S(N)(=O)=O)cc1C(=O)OCc1cccc(C(F)(F)F)c1. The van der Waals surface area contributed by atoms with Crippen LogP contribution in [0.1, 0.15) is 27.0 Å². The van der Waals surface area contributed by atoms with Gasteiger partial charge in [-0.15, -0.1) is 0 Å². The third-order valence-electron chi connectivity index (χ3n) is 3.38. The van der Waals surface area contributed by atoms with Crippen molar-refractivity contribution >= 4 is 16.0 Å². The van der Waals surface area contributed by atoms with Crippen LogP contribution in [0.5, 0.6) is 0 Å². The van der Waals surface area contributed by atoms with E-state index in [-0.39, 0.29) is 22.6 Å². The van der Waals surface area contributed by atoms with Gasteiger partial charge in [0.15, 0.2) is 0 Å². The lowest BCUT2D eigenvalue weighted by Gasteiger charge is -2.11. The summed E-state index contributed by atoms with van der Waals surface area (Å²) < 4.78 is 65.7. The molecular weight excluding hydrogens is 359 g/mol. The Balaban J connectivity index is 2.19. The number of aryl methyl sites for hydroxylation is 1. The standard InChI is InChI=1S/C16H14F3NO4S/c1-10-5-6-13(25(20,22)23)8-14(10)15(21)24-9-11-3-2-4-12(7-11)16(17,18)19/h2-8H,9H2,1H3,(H2,20,22,23). The first-order chi connectivity index (χ1) is 11.5. The van der Waals surface area contributed by atoms with E-state index >= 15 is 0 Å². The van der Waals surface area contributed by atoms with E-state index in [9.17, 15) is 26.4 Å². The molecule has 2 aromatic carbocycles. The molecule has 25 heavy (non-hydrogen) atoms. The van der Waals surface area contributed by atoms with E-state index in [0.29, 0.717) is 5.56 Å². The van der Waals surface area contributed by atoms with Gasteiger partial charge in [0.2, 0.25) is 10.0 Å². The van der Waals surface area contributed by atoms with Crippen LogP contribution in [0.4, 0.5) is 13.2 Å². The molecule has 0 fully saturated rings. The largest absolute Gasteiger partial charge is 0.457 e. The average molecular weight is 373 g/mol. The second-order valence-electron chi connectivity index (χ2n) is 5.30. The van der Waals surface area contributed by atoms with Gasteiger partial charge in [-0.25, -0.2) is 18.4 Å². The van der Waals surface area contributed by atoms with Crippen LogP contribution in [-0.2, 0) is 27.5 Å². The van der Waals surface area contributed by atoms with E-state index < -0.39 is 27.7 Å². The second-order valence-corrected chi connectivity index (χ2v) is 6.86. The van der Waals surface area contributed by atoms with E-state index in [1.54, 1.807) is 6.92 Å². The summed E-state index contributed by atoms with van der Waals surface area (Å²) in [5.74, 6) is -0.861. The number of nitrogens with two attached hydrogens (primary N) is 1. The van der Waals surface area contributed by atoms with E-state index in [0.717, 1.165) is 18.2 Å². The monoisotopic (exact) mass is 373 g/mol. The summed E-state index contributed by atoms with van der Waals surface area (Å²) in [6.07, 6.45) is -4.50. The van der Waals surface area contributed by atoms with Crippen molar-refractivity contribution < 1.29 is 31.1 Å². The van der Waals surface area contributed by atoms with E-state index in [1.165, 1.54) is 24.3 Å². The van der Waals surface area contributed by atoms with Crippen molar-refractivity contribution in [1.82, 2.24) is 0 Å². The molecule has 0 atom stereocenters. The van der Waals surface area contributed by atoms with Gasteiger partial charge < -0.3 is 4.74 Å². The summed E-state index contributed by atoms with van der Waals surface area (Å²) in [6.45, 7) is 1.18. The van der Waals surface area contributed by atoms with Crippen molar-refractivity contribution in [2.24, 2.45) is 5.14 Å². The van der Waals surface area contributed by atoms with Gasteiger partial charge >= 0.3 is 12.1 Å². The van der Waals surface area contributed by atoms with Crippen LogP contribution in [0, 0.1) is 6.92 Å². The molecule has 9 heteroatoms. The molecule has 0 aliphatic heterocycles. The van der Waals surface area contributed by atoms with Crippen molar-refractivity contribution in [2.45, 2.75) is 24.6 Å². The minimum atomic E-state index is -4.50. The Labute approximate surface area is 142 Å². The van der Waals surface area contributed by atoms with Crippen LogP contribution in [0.3, 0.4) is 0 Å². The number of hydrogen-bond donors (Lipinski definition) is 1. The van der Waals surface area contributed by atoms with Crippen LogP contribution in [0.15, 0.2) is 47.4 Å². The Morgan fingerprint density at radius 2 is 1.84 bits per heavy atom. The summed E-state index contributed by atoms with van der Waals surface area (Å²) in [4.78, 5) is 11.9. The van der Waals surface area contributed by atoms with E-state index in [1.807, 2.05) is 0 Å². The summed E-state index contributed by atoms with van der Waals surface area (Å²) in [7, 11) is -4.00. The maximum Gasteiger partial charge on any atom is 0.416 e. The maximum absolute atomic E-state index is 12.7. The van der Waals surface area contributed by atoms with Gasteiger partial charge in [-0.1, -0.05) is 18.2 Å². The zero-order chi connectivity index (χ0) is 18.8. The lowest BCUT2D eigenvalue weighted by Crippen LogP contribution is -2.14. The fourth-order valence-electron chi connectivity index (χ4n) is 2.06. The molecule has 0 spiro atoms. The number of carbonyl (C=O) groups is 1. The number of primary sulfonamides is 1. The molecule has 2 N–H and O–H groups in total. The summed E-state index contributed by atoms with van der Waals surface area (Å²) >= 11 is 0. The topological polar surface area (TPSA) is 86.5 Å². The summed E-state index contributed by atoms with van der Waals surface area (Å²) in [6, 6.07) is 8.08. The minimum Gasteiger partial charge on any atom is -0.457 e. The van der Waals surface area contributed by atoms with Gasteiger partial charge in [-0.05, 0) is 42.3 Å². The third kappa shape index (κ3) is 4.80. The van der Waals surface area contributed by atoms with Crippen LogP contribution in [-0.4, -0.2) is 14.4 Å². The molecule has 5 nitrogen and oxygen atoms in total. The molecule has 0 radical (unpaired) electrons. The Bertz CT molecular complexity index is 908. The van der Waals surface area contributed by atoms with Gasteiger partial charge in [0.05, 0.1) is 16.0 Å². The Hall–Kier alpha value is -2.39. The number of rotatable bonds is 4. The van der Waals surface area contributed by atoms with Crippen LogP contribution < -0.4 is 5.14 Å². The number of carbonyl (C=O) groups excluding carboxylic acids is 1. The Kier molecular flexibility index (Phi) is 5.19. The predicted molar refractivity (Wildman–Crippen MR) is 83.1 cm³/mol. The molecule has 134 valence electrons. The summed E-state index contributed by atoms with van der Waals surface area (Å²) in [5.41, 5.74) is -0.281. The van der Waals surface area contributed by atoms with Gasteiger partial charge in [-0.2, -0.15) is 13.2 Å². The number of halogens is 3. The quantitative estimate of drug-likeness (QED) is 0.835. The van der Waals surface area contributed by atoms with E-state index in [4.69, 9.17) is 9.88 Å². The highest BCUT2D eigenvalue weighted by Gasteiger charge is 2.30. The first kappa shape index (κ1) is 18.9. The molecule has 0 amide bonds. The molecule has 0 aliphatic carbocycles. The van der Waals surface area contributed by atoms with Gasteiger partial charge in [-0.3, -0.25) is 0 Å². The average Bonchev–Trinajstić information content (AvgIpc) is 2.51. The lowest BCUT2D eigenvalue weighted by atomic mass is 10.1. The lowest BCUT2D eigenvalue weighted by molar-refractivity contribution is -0.137. The van der Waals surface area contributed by atoms with Crippen molar-refractivity contribution in [2.75, 3.05) is 0 Å². The van der Waals surface area contributed by atoms with Crippen LogP contribution in [0.25, 0.3) is 0 Å². The maximum atomic E-state index is 12.7. The fourth-order valence-corrected chi connectivity index (χ4v) is 2.60. The smallest absolute Gasteiger partial charge is 0.416 e. The predicted octanol–water partition coefficient (Wildman–Crippen LogP) is 3.02. The molecule has 0 aromatic heterocycles. The third-order valence-corrected chi connectivity index (χ3v) is 4.29. The van der Waals surface area contributed by atoms with Crippen molar-refractivity contribution in [3.63, 3.8) is 0 Å². The number of sulfonamides is 1. The van der Waals surface area contributed by atoms with Gasteiger partial charge in [0.25, 0.3) is 0 Å². The molecular formula is C16H14F3NO4S. The zero-order valence-corrected chi connectivity index (χ0v) is 13.8. The molecule has 0 saturated carbocycles. The molecule has 2 rings (SSSR count). The highest BCUT2D eigenvalue weighted by molar-refractivity contribution is 7.89. The highest BCUT2D eigenvalue weighted by Crippen LogP contribution is 2.29. The molecule has 0 saturated heterocycles. The number of hydrogen-bond acceptors (Lipinski definition) is 4. The number of ether oxygens (including phenoxy) is 1. The van der Waals surface area contributed by atoms with E-state index in [2.05, 4.69) is 0 Å². The zero-order valence-electron chi connectivity index (χ0n) is 13.0. The number of alkyl halides is 3. The van der Waals surface area contributed by atoms with Crippen molar-refractivity contribution in [3.05, 3.63) is 64.7 Å². The highest BCUT2D eigenvalue weighted by atomic mass is 32.2. The molecule has 2 aromatic rings. The normalized spacial score (nSPS) is 12.0. The van der Waals surface area contributed by atoms with Gasteiger partial charge in [0, 0.05) is 0 Å². The minimum absolute atomic E-state index is 0.0292.